The van der Waals surface area contributed by atoms with Crippen LogP contribution in [0.1, 0.15) is 68.7 Å². The Kier molecular flexibility index (Phi) is 4.82. The highest BCUT2D eigenvalue weighted by atomic mass is 14.7. The predicted octanol–water partition coefficient (Wildman–Crippen LogP) is 4.39. The summed E-state index contributed by atoms with van der Waals surface area (Å²) in [5.74, 6) is 0.705. The summed E-state index contributed by atoms with van der Waals surface area (Å²) >= 11 is 0. The fourth-order valence-electron chi connectivity index (χ4n) is 3.24. The van der Waals surface area contributed by atoms with Gasteiger partial charge < -0.3 is 5.73 Å². The molecule has 1 heteroatoms. The van der Waals surface area contributed by atoms with Crippen molar-refractivity contribution < 1.29 is 0 Å². The molecule has 1 unspecified atom stereocenters. The van der Waals surface area contributed by atoms with Gasteiger partial charge in [0.25, 0.3) is 0 Å². The number of hydrogen-bond acceptors (Lipinski definition) is 1. The van der Waals surface area contributed by atoms with Crippen LogP contribution in [0.5, 0.6) is 0 Å². The zero-order chi connectivity index (χ0) is 13.0. The smallest absolute Gasteiger partial charge is 0.0326 e. The molecule has 1 fully saturated rings. The van der Waals surface area contributed by atoms with Crippen LogP contribution in [0, 0.1) is 5.92 Å². The third kappa shape index (κ3) is 2.95. The first-order valence-electron chi connectivity index (χ1n) is 7.63. The summed E-state index contributed by atoms with van der Waals surface area (Å²) < 4.78 is 0. The highest BCUT2D eigenvalue weighted by molar-refractivity contribution is 5.35. The van der Waals surface area contributed by atoms with Crippen LogP contribution in [0.2, 0.25) is 0 Å². The van der Waals surface area contributed by atoms with E-state index < -0.39 is 0 Å². The molecule has 0 aliphatic heterocycles. The normalized spacial score (nSPS) is 18.8. The van der Waals surface area contributed by atoms with Crippen molar-refractivity contribution >= 4 is 0 Å². The zero-order valence-electron chi connectivity index (χ0n) is 11.9. The molecular formula is C17H27N. The molecule has 1 aromatic carbocycles. The van der Waals surface area contributed by atoms with Gasteiger partial charge in [-0.3, -0.25) is 0 Å². The van der Waals surface area contributed by atoms with Crippen molar-refractivity contribution in [3.8, 4) is 0 Å². The lowest BCUT2D eigenvalue weighted by Gasteiger charge is -2.29. The minimum Gasteiger partial charge on any atom is -0.324 e. The van der Waals surface area contributed by atoms with Gasteiger partial charge in [0.05, 0.1) is 0 Å². The first-order chi connectivity index (χ1) is 8.76. The first-order valence-corrected chi connectivity index (χ1v) is 7.63. The largest absolute Gasteiger partial charge is 0.324 e. The second-order valence-corrected chi connectivity index (χ2v) is 5.66. The minimum atomic E-state index is 0.256. The lowest BCUT2D eigenvalue weighted by Crippen LogP contribution is -2.24. The highest BCUT2D eigenvalue weighted by Gasteiger charge is 2.23. The quantitative estimate of drug-likeness (QED) is 0.836. The summed E-state index contributed by atoms with van der Waals surface area (Å²) in [4.78, 5) is 0. The molecule has 1 saturated carbocycles. The Balaban J connectivity index is 2.23. The van der Waals surface area contributed by atoms with E-state index >= 15 is 0 Å². The average molecular weight is 245 g/mol. The molecule has 1 aromatic rings. The SMILES string of the molecule is CCc1ccc(CC)c(C(N)C2CCCCC2)c1. The molecule has 1 aliphatic rings. The Bertz CT molecular complexity index is 377. The van der Waals surface area contributed by atoms with Crippen LogP contribution in [-0.2, 0) is 12.8 Å². The number of aryl methyl sites for hydroxylation is 2. The van der Waals surface area contributed by atoms with E-state index in [1.807, 2.05) is 0 Å². The molecular weight excluding hydrogens is 218 g/mol. The molecule has 18 heavy (non-hydrogen) atoms. The average Bonchev–Trinajstić information content (AvgIpc) is 2.46. The Hall–Kier alpha value is -0.820. The monoisotopic (exact) mass is 245 g/mol. The van der Waals surface area contributed by atoms with E-state index in [-0.39, 0.29) is 6.04 Å². The summed E-state index contributed by atoms with van der Waals surface area (Å²) in [5.41, 5.74) is 10.9. The van der Waals surface area contributed by atoms with Gasteiger partial charge in [-0.2, -0.15) is 0 Å². The van der Waals surface area contributed by atoms with E-state index in [9.17, 15) is 0 Å². The fourth-order valence-corrected chi connectivity index (χ4v) is 3.24. The van der Waals surface area contributed by atoms with Crippen LogP contribution in [0.3, 0.4) is 0 Å². The maximum atomic E-state index is 6.57. The van der Waals surface area contributed by atoms with Crippen LogP contribution >= 0.6 is 0 Å². The molecule has 0 bridgehead atoms. The van der Waals surface area contributed by atoms with Gasteiger partial charge in [0.2, 0.25) is 0 Å². The van der Waals surface area contributed by atoms with E-state index in [1.165, 1.54) is 48.8 Å². The maximum Gasteiger partial charge on any atom is 0.0326 e. The number of rotatable bonds is 4. The Morgan fingerprint density at radius 3 is 2.44 bits per heavy atom. The van der Waals surface area contributed by atoms with Gasteiger partial charge in [0, 0.05) is 6.04 Å². The zero-order valence-corrected chi connectivity index (χ0v) is 11.9. The summed E-state index contributed by atoms with van der Waals surface area (Å²) in [7, 11) is 0. The molecule has 0 radical (unpaired) electrons. The van der Waals surface area contributed by atoms with Crippen molar-refractivity contribution in [1.82, 2.24) is 0 Å². The second kappa shape index (κ2) is 6.38. The lowest BCUT2D eigenvalue weighted by atomic mass is 9.80. The van der Waals surface area contributed by atoms with Gasteiger partial charge in [-0.15, -0.1) is 0 Å². The van der Waals surface area contributed by atoms with E-state index in [1.54, 1.807) is 0 Å². The van der Waals surface area contributed by atoms with Crippen LogP contribution in [0.25, 0.3) is 0 Å². The van der Waals surface area contributed by atoms with Gasteiger partial charge in [-0.1, -0.05) is 51.3 Å². The van der Waals surface area contributed by atoms with Crippen molar-refractivity contribution in [2.24, 2.45) is 11.7 Å². The predicted molar refractivity (Wildman–Crippen MR) is 78.7 cm³/mol. The summed E-state index contributed by atoms with van der Waals surface area (Å²) in [5, 5.41) is 0. The van der Waals surface area contributed by atoms with Crippen molar-refractivity contribution in [1.29, 1.82) is 0 Å². The van der Waals surface area contributed by atoms with Crippen molar-refractivity contribution in [3.05, 3.63) is 34.9 Å². The molecule has 2 N–H and O–H groups in total. The molecule has 2 rings (SSSR count). The van der Waals surface area contributed by atoms with Crippen molar-refractivity contribution in [3.63, 3.8) is 0 Å². The van der Waals surface area contributed by atoms with Gasteiger partial charge >= 0.3 is 0 Å². The molecule has 1 aliphatic carbocycles. The summed E-state index contributed by atoms with van der Waals surface area (Å²) in [6.07, 6.45) is 8.98. The molecule has 0 heterocycles. The molecule has 0 amide bonds. The van der Waals surface area contributed by atoms with Gasteiger partial charge in [-0.05, 0) is 48.3 Å². The van der Waals surface area contributed by atoms with Crippen LogP contribution in [0.15, 0.2) is 18.2 Å². The molecule has 1 atom stereocenters. The molecule has 0 spiro atoms. The van der Waals surface area contributed by atoms with Crippen LogP contribution in [0.4, 0.5) is 0 Å². The Morgan fingerprint density at radius 1 is 1.11 bits per heavy atom. The Morgan fingerprint density at radius 2 is 1.83 bits per heavy atom. The molecule has 100 valence electrons. The molecule has 0 aromatic heterocycles. The standard InChI is InChI=1S/C17H27N/c1-3-13-10-11-14(4-2)16(12-13)17(18)15-8-6-5-7-9-15/h10-12,15,17H,3-9,18H2,1-2H3. The maximum absolute atomic E-state index is 6.57. The van der Waals surface area contributed by atoms with Gasteiger partial charge in [0.15, 0.2) is 0 Å². The number of nitrogens with two attached hydrogens (primary N) is 1. The van der Waals surface area contributed by atoms with E-state index in [2.05, 4.69) is 32.0 Å². The minimum absolute atomic E-state index is 0.256. The fraction of sp³-hybridized carbons (Fsp3) is 0.647. The van der Waals surface area contributed by atoms with Crippen LogP contribution in [-0.4, -0.2) is 0 Å². The summed E-state index contributed by atoms with van der Waals surface area (Å²) in [6, 6.07) is 7.16. The van der Waals surface area contributed by atoms with Gasteiger partial charge in [-0.25, -0.2) is 0 Å². The van der Waals surface area contributed by atoms with Crippen molar-refractivity contribution in [2.45, 2.75) is 64.8 Å². The topological polar surface area (TPSA) is 26.0 Å². The lowest BCUT2D eigenvalue weighted by molar-refractivity contribution is 0.307. The van der Waals surface area contributed by atoms with Crippen molar-refractivity contribution in [2.75, 3.05) is 0 Å². The summed E-state index contributed by atoms with van der Waals surface area (Å²) in [6.45, 7) is 4.45. The Labute approximate surface area is 112 Å². The van der Waals surface area contributed by atoms with E-state index in [4.69, 9.17) is 5.73 Å². The van der Waals surface area contributed by atoms with Gasteiger partial charge in [0.1, 0.15) is 0 Å². The van der Waals surface area contributed by atoms with Crippen LogP contribution < -0.4 is 5.73 Å². The third-order valence-electron chi connectivity index (χ3n) is 4.52. The second-order valence-electron chi connectivity index (χ2n) is 5.66. The first kappa shape index (κ1) is 13.6. The molecule has 1 nitrogen and oxygen atoms in total. The third-order valence-corrected chi connectivity index (χ3v) is 4.52. The number of benzene rings is 1. The van der Waals surface area contributed by atoms with E-state index in [0.717, 1.165) is 12.8 Å². The molecule has 0 saturated heterocycles. The van der Waals surface area contributed by atoms with E-state index in [0.29, 0.717) is 5.92 Å². The number of hydrogen-bond donors (Lipinski definition) is 1. The highest BCUT2D eigenvalue weighted by Crippen LogP contribution is 2.34.